The Labute approximate surface area is 183 Å². The molecule has 0 aliphatic heterocycles. The van der Waals surface area contributed by atoms with Crippen LogP contribution in [-0.4, -0.2) is 49.1 Å². The molecule has 0 saturated heterocycles. The van der Waals surface area contributed by atoms with Crippen molar-refractivity contribution in [1.29, 1.82) is 0 Å². The number of nitrogens with zero attached hydrogens (tertiary/aromatic N) is 1. The van der Waals surface area contributed by atoms with Crippen molar-refractivity contribution in [1.82, 2.24) is 4.90 Å². The molecule has 2 heteroatoms. The number of unbranched alkanes of at least 4 members (excludes halogenated alkanes) is 1. The molecule has 28 heavy (non-hydrogen) atoms. The van der Waals surface area contributed by atoms with Crippen LogP contribution in [0.4, 0.5) is 0 Å². The van der Waals surface area contributed by atoms with E-state index in [1.807, 2.05) is 20.8 Å². The van der Waals surface area contributed by atoms with Gasteiger partial charge in [0, 0.05) is 6.04 Å². The van der Waals surface area contributed by atoms with E-state index in [9.17, 15) is 0 Å². The summed E-state index contributed by atoms with van der Waals surface area (Å²) in [4.78, 5) is 2.64. The fourth-order valence-corrected chi connectivity index (χ4v) is 2.18. The SMILES string of the molecule is C=C(C)CCCCC(C)N(CCC)CCC.CC.CC=C(C)C.CS(C)(C)C. The average Bonchev–Trinajstić information content (AvgIpc) is 2.59. The fourth-order valence-electron chi connectivity index (χ4n) is 2.18. The predicted octanol–water partition coefficient (Wildman–Crippen LogP) is 8.94. The number of hydrogen-bond acceptors (Lipinski definition) is 1. The second-order valence-corrected chi connectivity index (χ2v) is 13.8. The molecule has 0 radical (unpaired) electrons. The third-order valence-corrected chi connectivity index (χ3v) is 3.70. The maximum Gasteiger partial charge on any atom is 0.00669 e. The maximum absolute atomic E-state index is 3.96. The lowest BCUT2D eigenvalue weighted by Gasteiger charge is -2.28. The van der Waals surface area contributed by atoms with Gasteiger partial charge in [0.2, 0.25) is 0 Å². The van der Waals surface area contributed by atoms with Crippen LogP contribution in [0.5, 0.6) is 0 Å². The molecule has 0 N–H and O–H groups in total. The molecule has 174 valence electrons. The average molecular weight is 418 g/mol. The second-order valence-electron chi connectivity index (χ2n) is 8.90. The van der Waals surface area contributed by atoms with Crippen molar-refractivity contribution < 1.29 is 0 Å². The van der Waals surface area contributed by atoms with Gasteiger partial charge < -0.3 is 4.90 Å². The van der Waals surface area contributed by atoms with Gasteiger partial charge in [-0.05, 0) is 105 Å². The first-order chi connectivity index (χ1) is 12.9. The minimum absolute atomic E-state index is 0.167. The molecule has 0 rings (SSSR count). The monoisotopic (exact) mass is 417 g/mol. The predicted molar refractivity (Wildman–Crippen MR) is 143 cm³/mol. The Balaban J connectivity index is -0.000000196. The van der Waals surface area contributed by atoms with Crippen molar-refractivity contribution in [2.45, 2.75) is 107 Å². The zero-order valence-electron chi connectivity index (χ0n) is 22.4. The fraction of sp³-hybridized carbons (Fsp3) is 0.846. The molecule has 1 atom stereocenters. The standard InChI is InChI=1S/C15H31N.C5H10.C4H12S.C2H6/c1-6-12-16(13-7-2)15(5)11-9-8-10-14(3)4;1-4-5(2)3;1-5(2,3)4;1-2/h15H,3,6-13H2,1-2,4-5H3;4H,1-3H3;1-4H3;1-2H3. The molecule has 0 aromatic rings. The van der Waals surface area contributed by atoms with Crippen molar-refractivity contribution in [2.75, 3.05) is 38.1 Å². The first-order valence-electron chi connectivity index (χ1n) is 11.5. The lowest BCUT2D eigenvalue weighted by molar-refractivity contribution is 0.197. The van der Waals surface area contributed by atoms with E-state index in [1.165, 1.54) is 62.8 Å². The summed E-state index contributed by atoms with van der Waals surface area (Å²) in [6.07, 6.45) is 18.9. The van der Waals surface area contributed by atoms with E-state index in [0.29, 0.717) is 0 Å². The van der Waals surface area contributed by atoms with E-state index >= 15 is 0 Å². The summed E-state index contributed by atoms with van der Waals surface area (Å²) in [6, 6.07) is 0.755. The van der Waals surface area contributed by atoms with Crippen molar-refractivity contribution in [2.24, 2.45) is 0 Å². The Kier molecular flexibility index (Phi) is 31.2. The van der Waals surface area contributed by atoms with Gasteiger partial charge in [0.25, 0.3) is 0 Å². The van der Waals surface area contributed by atoms with E-state index in [2.05, 4.69) is 84.1 Å². The van der Waals surface area contributed by atoms with E-state index in [4.69, 9.17) is 0 Å². The zero-order chi connectivity index (χ0) is 23.2. The second kappa shape index (κ2) is 24.8. The molecule has 0 heterocycles. The van der Waals surface area contributed by atoms with E-state index in [-0.39, 0.29) is 10.0 Å². The summed E-state index contributed by atoms with van der Waals surface area (Å²) >= 11 is 0. The molecule has 0 aliphatic carbocycles. The van der Waals surface area contributed by atoms with Gasteiger partial charge in [-0.3, -0.25) is 10.0 Å². The summed E-state index contributed by atoms with van der Waals surface area (Å²) in [7, 11) is -0.167. The molecule has 0 fully saturated rings. The summed E-state index contributed by atoms with van der Waals surface area (Å²) in [6.45, 7) is 25.7. The normalized spacial score (nSPS) is 11.6. The van der Waals surface area contributed by atoms with Crippen LogP contribution in [0.2, 0.25) is 0 Å². The van der Waals surface area contributed by atoms with Crippen LogP contribution in [0.1, 0.15) is 101 Å². The Bertz CT molecular complexity index is 323. The van der Waals surface area contributed by atoms with Gasteiger partial charge in [-0.2, -0.15) is 0 Å². The quantitative estimate of drug-likeness (QED) is 0.253. The Morgan fingerprint density at radius 1 is 0.929 bits per heavy atom. The number of allylic oxidation sites excluding steroid dienone is 3. The van der Waals surface area contributed by atoms with Crippen LogP contribution in [-0.2, 0) is 0 Å². The summed E-state index contributed by atoms with van der Waals surface area (Å²) < 4.78 is 0. The molecule has 0 aliphatic rings. The largest absolute Gasteiger partial charge is 0.301 e. The summed E-state index contributed by atoms with van der Waals surface area (Å²) in [5, 5.41) is 0. The van der Waals surface area contributed by atoms with Gasteiger partial charge in [-0.15, -0.1) is 6.58 Å². The third-order valence-electron chi connectivity index (χ3n) is 3.70. The van der Waals surface area contributed by atoms with Crippen LogP contribution in [0.25, 0.3) is 0 Å². The van der Waals surface area contributed by atoms with Crippen molar-refractivity contribution in [3.8, 4) is 0 Å². The Morgan fingerprint density at radius 2 is 1.29 bits per heavy atom. The van der Waals surface area contributed by atoms with Crippen LogP contribution in [0.3, 0.4) is 0 Å². The smallest absolute Gasteiger partial charge is 0.00669 e. The lowest BCUT2D eigenvalue weighted by Crippen LogP contribution is -2.34. The van der Waals surface area contributed by atoms with Gasteiger partial charge in [0.15, 0.2) is 0 Å². The molecule has 0 spiro atoms. The van der Waals surface area contributed by atoms with Gasteiger partial charge in [0.05, 0.1) is 0 Å². The molecule has 1 unspecified atom stereocenters. The van der Waals surface area contributed by atoms with Crippen LogP contribution in [0, 0.1) is 0 Å². The zero-order valence-corrected chi connectivity index (χ0v) is 23.2. The topological polar surface area (TPSA) is 3.24 Å². The third kappa shape index (κ3) is 44.9. The van der Waals surface area contributed by atoms with E-state index in [0.717, 1.165) is 6.04 Å². The highest BCUT2D eigenvalue weighted by atomic mass is 32.3. The van der Waals surface area contributed by atoms with Crippen molar-refractivity contribution in [3.05, 3.63) is 23.8 Å². The van der Waals surface area contributed by atoms with Crippen LogP contribution in [0.15, 0.2) is 23.8 Å². The van der Waals surface area contributed by atoms with Crippen LogP contribution < -0.4 is 0 Å². The minimum atomic E-state index is -0.167. The van der Waals surface area contributed by atoms with Crippen molar-refractivity contribution in [3.63, 3.8) is 0 Å². The summed E-state index contributed by atoms with van der Waals surface area (Å²) in [5.74, 6) is 0. The number of rotatable bonds is 10. The molecule has 0 saturated carbocycles. The highest BCUT2D eigenvalue weighted by Gasteiger charge is 2.11. The molecule has 0 aromatic heterocycles. The molecule has 0 bridgehead atoms. The summed E-state index contributed by atoms with van der Waals surface area (Å²) in [5.41, 5.74) is 2.71. The van der Waals surface area contributed by atoms with Gasteiger partial charge in [-0.1, -0.05) is 51.3 Å². The van der Waals surface area contributed by atoms with Gasteiger partial charge in [-0.25, -0.2) is 0 Å². The van der Waals surface area contributed by atoms with E-state index in [1.54, 1.807) is 0 Å². The highest BCUT2D eigenvalue weighted by molar-refractivity contribution is 8.31. The molecular formula is C26H59NS. The van der Waals surface area contributed by atoms with Crippen LogP contribution >= 0.6 is 10.0 Å². The number of hydrogen-bond donors (Lipinski definition) is 0. The first kappa shape index (κ1) is 35.2. The highest BCUT2D eigenvalue weighted by Crippen LogP contribution is 2.27. The maximum atomic E-state index is 3.96. The van der Waals surface area contributed by atoms with Gasteiger partial charge in [0.1, 0.15) is 0 Å². The first-order valence-corrected chi connectivity index (χ1v) is 14.8. The molecule has 0 amide bonds. The van der Waals surface area contributed by atoms with E-state index < -0.39 is 0 Å². The Hall–Kier alpha value is -0.210. The molecule has 0 aromatic carbocycles. The molecule has 1 nitrogen and oxygen atoms in total. The minimum Gasteiger partial charge on any atom is -0.301 e. The van der Waals surface area contributed by atoms with Crippen molar-refractivity contribution >= 4 is 10.0 Å². The molecular weight excluding hydrogens is 358 g/mol. The lowest BCUT2D eigenvalue weighted by atomic mass is 10.1. The van der Waals surface area contributed by atoms with Gasteiger partial charge >= 0.3 is 0 Å². The Morgan fingerprint density at radius 3 is 1.54 bits per heavy atom.